The van der Waals surface area contributed by atoms with Crippen LogP contribution in [0.25, 0.3) is 0 Å². The minimum absolute atomic E-state index is 0.0532. The third-order valence-electron chi connectivity index (χ3n) is 2.77. The molecule has 92 valence electrons. The number of aryl methyl sites for hydroxylation is 1. The molecular formula is C13H17NO3. The first-order valence-electron chi connectivity index (χ1n) is 5.98. The van der Waals surface area contributed by atoms with Gasteiger partial charge >= 0.3 is 5.97 Å². The molecule has 1 fully saturated rings. The molecule has 0 saturated carbocycles. The molecule has 0 bridgehead atoms. The molecule has 4 nitrogen and oxygen atoms in total. The number of esters is 1. The summed E-state index contributed by atoms with van der Waals surface area (Å²) in [5, 5.41) is 0. The third-order valence-corrected chi connectivity index (χ3v) is 2.77. The topological polar surface area (TPSA) is 48.4 Å². The van der Waals surface area contributed by atoms with Crippen molar-refractivity contribution in [1.29, 1.82) is 0 Å². The van der Waals surface area contributed by atoms with E-state index in [2.05, 4.69) is 4.98 Å². The third kappa shape index (κ3) is 3.53. The van der Waals surface area contributed by atoms with Gasteiger partial charge in [0.25, 0.3) is 0 Å². The van der Waals surface area contributed by atoms with Crippen molar-refractivity contribution in [2.75, 3.05) is 13.2 Å². The van der Waals surface area contributed by atoms with Gasteiger partial charge in [0.2, 0.25) is 0 Å². The molecule has 0 spiro atoms. The lowest BCUT2D eigenvalue weighted by Crippen LogP contribution is -2.26. The van der Waals surface area contributed by atoms with Crippen LogP contribution in [0, 0.1) is 6.92 Å². The number of hydrogen-bond acceptors (Lipinski definition) is 4. The number of carbonyl (C=O) groups is 1. The Hall–Kier alpha value is -1.42. The first kappa shape index (κ1) is 12.0. The monoisotopic (exact) mass is 235 g/mol. The minimum atomic E-state index is -0.372. The SMILES string of the molecule is Cc1cccc(C(=O)OCC2CCCCO2)n1. The molecule has 1 saturated heterocycles. The molecular weight excluding hydrogens is 218 g/mol. The van der Waals surface area contributed by atoms with Crippen LogP contribution in [0.1, 0.15) is 35.4 Å². The number of carbonyl (C=O) groups excluding carboxylic acids is 1. The van der Waals surface area contributed by atoms with Gasteiger partial charge in [-0.25, -0.2) is 9.78 Å². The maximum Gasteiger partial charge on any atom is 0.357 e. The first-order valence-corrected chi connectivity index (χ1v) is 5.98. The van der Waals surface area contributed by atoms with Gasteiger partial charge in [-0.2, -0.15) is 0 Å². The molecule has 0 radical (unpaired) electrons. The fraction of sp³-hybridized carbons (Fsp3) is 0.538. The summed E-state index contributed by atoms with van der Waals surface area (Å²) in [4.78, 5) is 15.8. The fourth-order valence-electron chi connectivity index (χ4n) is 1.84. The second-order valence-corrected chi connectivity index (χ2v) is 4.25. The predicted molar refractivity (Wildman–Crippen MR) is 62.8 cm³/mol. The van der Waals surface area contributed by atoms with Crippen LogP contribution in [0.4, 0.5) is 0 Å². The Balaban J connectivity index is 1.84. The van der Waals surface area contributed by atoms with Gasteiger partial charge in [-0.1, -0.05) is 6.07 Å². The van der Waals surface area contributed by atoms with Gasteiger partial charge in [0.05, 0.1) is 6.10 Å². The van der Waals surface area contributed by atoms with E-state index in [0.29, 0.717) is 12.3 Å². The molecule has 2 rings (SSSR count). The van der Waals surface area contributed by atoms with Crippen LogP contribution in [0.5, 0.6) is 0 Å². The Morgan fingerprint density at radius 3 is 3.12 bits per heavy atom. The number of hydrogen-bond donors (Lipinski definition) is 0. The smallest absolute Gasteiger partial charge is 0.357 e. The summed E-state index contributed by atoms with van der Waals surface area (Å²) in [5.74, 6) is -0.372. The van der Waals surface area contributed by atoms with Crippen molar-refractivity contribution in [3.8, 4) is 0 Å². The van der Waals surface area contributed by atoms with Gasteiger partial charge in [-0.15, -0.1) is 0 Å². The lowest BCUT2D eigenvalue weighted by molar-refractivity contribution is -0.0302. The van der Waals surface area contributed by atoms with Crippen molar-refractivity contribution in [2.45, 2.75) is 32.3 Å². The van der Waals surface area contributed by atoms with Crippen LogP contribution >= 0.6 is 0 Å². The van der Waals surface area contributed by atoms with Crippen LogP contribution in [0.2, 0.25) is 0 Å². The summed E-state index contributed by atoms with van der Waals surface area (Å²) in [6.07, 6.45) is 3.26. The van der Waals surface area contributed by atoms with Gasteiger partial charge < -0.3 is 9.47 Å². The van der Waals surface area contributed by atoms with Crippen LogP contribution in [-0.2, 0) is 9.47 Å². The Morgan fingerprint density at radius 2 is 2.41 bits per heavy atom. The molecule has 1 aliphatic heterocycles. The van der Waals surface area contributed by atoms with Crippen molar-refractivity contribution >= 4 is 5.97 Å². The fourth-order valence-corrected chi connectivity index (χ4v) is 1.84. The molecule has 2 heterocycles. The van der Waals surface area contributed by atoms with Crippen molar-refractivity contribution < 1.29 is 14.3 Å². The van der Waals surface area contributed by atoms with Crippen molar-refractivity contribution in [3.05, 3.63) is 29.6 Å². The van der Waals surface area contributed by atoms with Crippen LogP contribution in [0.3, 0.4) is 0 Å². The van der Waals surface area contributed by atoms with Crippen LogP contribution in [-0.4, -0.2) is 30.3 Å². The van der Waals surface area contributed by atoms with Gasteiger partial charge in [-0.3, -0.25) is 0 Å². The lowest BCUT2D eigenvalue weighted by Gasteiger charge is -2.21. The van der Waals surface area contributed by atoms with Crippen molar-refractivity contribution in [1.82, 2.24) is 4.98 Å². The highest BCUT2D eigenvalue weighted by molar-refractivity contribution is 5.87. The molecule has 0 amide bonds. The summed E-state index contributed by atoms with van der Waals surface area (Å²) >= 11 is 0. The van der Waals surface area contributed by atoms with Gasteiger partial charge in [0.1, 0.15) is 12.3 Å². The standard InChI is InChI=1S/C13H17NO3/c1-10-5-4-7-12(14-10)13(15)17-9-11-6-2-3-8-16-11/h4-5,7,11H,2-3,6,8-9H2,1H3. The number of ether oxygens (including phenoxy) is 2. The molecule has 0 aromatic carbocycles. The quantitative estimate of drug-likeness (QED) is 0.753. The summed E-state index contributed by atoms with van der Waals surface area (Å²) in [7, 11) is 0. The number of pyridine rings is 1. The zero-order valence-electron chi connectivity index (χ0n) is 10.0. The highest BCUT2D eigenvalue weighted by Crippen LogP contribution is 2.13. The highest BCUT2D eigenvalue weighted by Gasteiger charge is 2.17. The minimum Gasteiger partial charge on any atom is -0.458 e. The van der Waals surface area contributed by atoms with Gasteiger partial charge in [0, 0.05) is 12.3 Å². The molecule has 1 aromatic heterocycles. The summed E-state index contributed by atoms with van der Waals surface area (Å²) in [6, 6.07) is 5.31. The predicted octanol–water partition coefficient (Wildman–Crippen LogP) is 2.12. The molecule has 1 aliphatic rings. The summed E-state index contributed by atoms with van der Waals surface area (Å²) in [6.45, 7) is 2.94. The van der Waals surface area contributed by atoms with E-state index in [1.807, 2.05) is 13.0 Å². The molecule has 17 heavy (non-hydrogen) atoms. The maximum absolute atomic E-state index is 11.7. The molecule has 0 N–H and O–H groups in total. The number of rotatable bonds is 3. The Labute approximate surface area is 101 Å². The number of nitrogens with zero attached hydrogens (tertiary/aromatic N) is 1. The largest absolute Gasteiger partial charge is 0.458 e. The first-order chi connectivity index (χ1) is 8.25. The second-order valence-electron chi connectivity index (χ2n) is 4.25. The van der Waals surface area contributed by atoms with E-state index in [1.165, 1.54) is 0 Å². The Bertz CT molecular complexity index is 386. The second kappa shape index (κ2) is 5.77. The molecule has 1 atom stereocenters. The van der Waals surface area contributed by atoms with Crippen LogP contribution in [0.15, 0.2) is 18.2 Å². The molecule has 1 unspecified atom stereocenters. The van der Waals surface area contributed by atoms with E-state index in [1.54, 1.807) is 12.1 Å². The van der Waals surface area contributed by atoms with Gasteiger partial charge in [0.15, 0.2) is 0 Å². The normalized spacial score (nSPS) is 19.9. The van der Waals surface area contributed by atoms with E-state index < -0.39 is 0 Å². The highest BCUT2D eigenvalue weighted by atomic mass is 16.6. The van der Waals surface area contributed by atoms with Crippen molar-refractivity contribution in [3.63, 3.8) is 0 Å². The van der Waals surface area contributed by atoms with Gasteiger partial charge in [-0.05, 0) is 38.3 Å². The zero-order chi connectivity index (χ0) is 12.1. The van der Waals surface area contributed by atoms with Crippen molar-refractivity contribution in [2.24, 2.45) is 0 Å². The Morgan fingerprint density at radius 1 is 1.53 bits per heavy atom. The average molecular weight is 235 g/mol. The van der Waals surface area contributed by atoms with E-state index in [9.17, 15) is 4.79 Å². The van der Waals surface area contributed by atoms with Crippen LogP contribution < -0.4 is 0 Å². The van der Waals surface area contributed by atoms with E-state index >= 15 is 0 Å². The molecule has 1 aromatic rings. The van der Waals surface area contributed by atoms with E-state index in [-0.39, 0.29) is 12.1 Å². The Kier molecular flexibility index (Phi) is 4.09. The maximum atomic E-state index is 11.7. The lowest BCUT2D eigenvalue weighted by atomic mass is 10.1. The average Bonchev–Trinajstić information content (AvgIpc) is 2.37. The molecule has 0 aliphatic carbocycles. The summed E-state index contributed by atoms with van der Waals surface area (Å²) in [5.41, 5.74) is 1.18. The summed E-state index contributed by atoms with van der Waals surface area (Å²) < 4.78 is 10.7. The number of aromatic nitrogens is 1. The van der Waals surface area contributed by atoms with E-state index in [4.69, 9.17) is 9.47 Å². The zero-order valence-corrected chi connectivity index (χ0v) is 10.0. The molecule has 4 heteroatoms. The van der Waals surface area contributed by atoms with E-state index in [0.717, 1.165) is 31.6 Å².